The van der Waals surface area contributed by atoms with Crippen LogP contribution in [-0.4, -0.2) is 5.91 Å². The molecule has 0 saturated carbocycles. The summed E-state index contributed by atoms with van der Waals surface area (Å²) >= 11 is 0. The van der Waals surface area contributed by atoms with Crippen molar-refractivity contribution >= 4 is 5.91 Å². The Labute approximate surface area is 94.1 Å². The second-order valence-electron chi connectivity index (χ2n) is 3.53. The number of furan rings is 1. The molecule has 0 fully saturated rings. The maximum Gasteiger partial charge on any atom is 0.217 e. The van der Waals surface area contributed by atoms with Crippen LogP contribution in [0.2, 0.25) is 0 Å². The van der Waals surface area contributed by atoms with E-state index in [-0.39, 0.29) is 5.91 Å². The summed E-state index contributed by atoms with van der Waals surface area (Å²) in [5.74, 6) is 0.719. The number of rotatable bonds is 3. The van der Waals surface area contributed by atoms with Gasteiger partial charge in [-0.25, -0.2) is 0 Å². The summed E-state index contributed by atoms with van der Waals surface area (Å²) in [7, 11) is 0. The fourth-order valence-corrected chi connectivity index (χ4v) is 1.56. The van der Waals surface area contributed by atoms with E-state index in [4.69, 9.17) is 4.42 Å². The zero-order valence-corrected chi connectivity index (χ0v) is 9.07. The summed E-state index contributed by atoms with van der Waals surface area (Å²) in [5.41, 5.74) is 2.12. The van der Waals surface area contributed by atoms with E-state index in [0.717, 1.165) is 16.9 Å². The van der Waals surface area contributed by atoms with Gasteiger partial charge in [-0.05, 0) is 11.6 Å². The molecule has 0 spiro atoms. The molecule has 1 amide bonds. The van der Waals surface area contributed by atoms with E-state index < -0.39 is 0 Å². The van der Waals surface area contributed by atoms with Crippen molar-refractivity contribution in [3.8, 4) is 11.1 Å². The molecule has 0 unspecified atom stereocenters. The minimum absolute atomic E-state index is 0.0598. The van der Waals surface area contributed by atoms with Crippen molar-refractivity contribution in [2.24, 2.45) is 0 Å². The number of hydrogen-bond acceptors (Lipinski definition) is 2. The summed E-state index contributed by atoms with van der Waals surface area (Å²) in [6.07, 6.45) is 1.64. The lowest BCUT2D eigenvalue weighted by Crippen LogP contribution is -2.18. The van der Waals surface area contributed by atoms with E-state index >= 15 is 0 Å². The zero-order valence-electron chi connectivity index (χ0n) is 9.07. The summed E-state index contributed by atoms with van der Waals surface area (Å²) < 4.78 is 5.35. The number of benzene rings is 1. The molecule has 3 nitrogen and oxygen atoms in total. The zero-order chi connectivity index (χ0) is 11.4. The van der Waals surface area contributed by atoms with Crippen LogP contribution in [0.1, 0.15) is 12.7 Å². The van der Waals surface area contributed by atoms with Crippen molar-refractivity contribution in [3.63, 3.8) is 0 Å². The van der Waals surface area contributed by atoms with Gasteiger partial charge in [-0.3, -0.25) is 4.79 Å². The second kappa shape index (κ2) is 4.66. The van der Waals surface area contributed by atoms with E-state index in [0.29, 0.717) is 6.54 Å². The molecule has 1 aromatic carbocycles. The Morgan fingerprint density at radius 2 is 2.00 bits per heavy atom. The summed E-state index contributed by atoms with van der Waals surface area (Å²) in [4.78, 5) is 10.8. The molecule has 0 bridgehead atoms. The van der Waals surface area contributed by atoms with Crippen LogP contribution in [-0.2, 0) is 11.3 Å². The molecule has 2 aromatic rings. The molecule has 0 radical (unpaired) electrons. The largest absolute Gasteiger partial charge is 0.467 e. The van der Waals surface area contributed by atoms with Crippen LogP contribution in [0.15, 0.2) is 47.1 Å². The van der Waals surface area contributed by atoms with Crippen LogP contribution in [0.25, 0.3) is 11.1 Å². The Kier molecular flexibility index (Phi) is 3.05. The normalized spacial score (nSPS) is 10.1. The maximum atomic E-state index is 10.8. The lowest BCUT2D eigenvalue weighted by molar-refractivity contribution is -0.119. The maximum absolute atomic E-state index is 10.8. The van der Waals surface area contributed by atoms with Crippen LogP contribution in [0.4, 0.5) is 0 Å². The number of carbonyl (C=O) groups excluding carboxylic acids is 1. The SMILES string of the molecule is CC(=O)NCc1occc1-c1ccccc1. The molecule has 0 aliphatic carbocycles. The van der Waals surface area contributed by atoms with E-state index in [9.17, 15) is 4.79 Å². The van der Waals surface area contributed by atoms with E-state index in [1.165, 1.54) is 6.92 Å². The van der Waals surface area contributed by atoms with Gasteiger partial charge in [0.05, 0.1) is 12.8 Å². The Morgan fingerprint density at radius 1 is 1.25 bits per heavy atom. The van der Waals surface area contributed by atoms with Crippen molar-refractivity contribution in [3.05, 3.63) is 48.4 Å². The van der Waals surface area contributed by atoms with Gasteiger partial charge in [0.1, 0.15) is 5.76 Å². The van der Waals surface area contributed by atoms with Gasteiger partial charge < -0.3 is 9.73 Å². The predicted octanol–water partition coefficient (Wildman–Crippen LogP) is 2.58. The first-order valence-corrected chi connectivity index (χ1v) is 5.13. The number of nitrogens with one attached hydrogen (secondary N) is 1. The molecule has 0 saturated heterocycles. The first-order chi connectivity index (χ1) is 7.77. The molecular weight excluding hydrogens is 202 g/mol. The monoisotopic (exact) mass is 215 g/mol. The highest BCUT2D eigenvalue weighted by molar-refractivity contribution is 5.73. The van der Waals surface area contributed by atoms with Gasteiger partial charge >= 0.3 is 0 Å². The van der Waals surface area contributed by atoms with Gasteiger partial charge in [-0.1, -0.05) is 30.3 Å². The summed E-state index contributed by atoms with van der Waals surface area (Å²) in [6.45, 7) is 1.91. The highest BCUT2D eigenvalue weighted by Crippen LogP contribution is 2.24. The van der Waals surface area contributed by atoms with Crippen LogP contribution < -0.4 is 5.32 Å². The van der Waals surface area contributed by atoms with Crippen LogP contribution >= 0.6 is 0 Å². The highest BCUT2D eigenvalue weighted by atomic mass is 16.3. The smallest absolute Gasteiger partial charge is 0.217 e. The average molecular weight is 215 g/mol. The first-order valence-electron chi connectivity index (χ1n) is 5.13. The summed E-state index contributed by atoms with van der Waals surface area (Å²) in [5, 5.41) is 2.73. The fourth-order valence-electron chi connectivity index (χ4n) is 1.56. The third kappa shape index (κ3) is 2.31. The van der Waals surface area contributed by atoms with E-state index in [1.54, 1.807) is 6.26 Å². The quantitative estimate of drug-likeness (QED) is 0.855. The van der Waals surface area contributed by atoms with Crippen molar-refractivity contribution in [1.29, 1.82) is 0 Å². The first kappa shape index (κ1) is 10.5. The standard InChI is InChI=1S/C13H13NO2/c1-10(15)14-9-13-12(7-8-16-13)11-5-3-2-4-6-11/h2-8H,9H2,1H3,(H,14,15). The molecule has 1 heterocycles. The molecule has 1 aromatic heterocycles. The van der Waals surface area contributed by atoms with Gasteiger partial charge in [-0.2, -0.15) is 0 Å². The number of carbonyl (C=O) groups is 1. The third-order valence-electron chi connectivity index (χ3n) is 2.33. The third-order valence-corrected chi connectivity index (χ3v) is 2.33. The van der Waals surface area contributed by atoms with Crippen molar-refractivity contribution in [1.82, 2.24) is 5.32 Å². The lowest BCUT2D eigenvalue weighted by atomic mass is 10.1. The predicted molar refractivity (Wildman–Crippen MR) is 61.7 cm³/mol. The van der Waals surface area contributed by atoms with E-state index in [2.05, 4.69) is 5.32 Å². The van der Waals surface area contributed by atoms with Gasteiger partial charge in [0, 0.05) is 12.5 Å². The van der Waals surface area contributed by atoms with Crippen LogP contribution in [0.3, 0.4) is 0 Å². The molecule has 0 aliphatic heterocycles. The van der Waals surface area contributed by atoms with Gasteiger partial charge in [0.25, 0.3) is 0 Å². The van der Waals surface area contributed by atoms with Crippen molar-refractivity contribution in [2.45, 2.75) is 13.5 Å². The highest BCUT2D eigenvalue weighted by Gasteiger charge is 2.08. The Balaban J connectivity index is 2.23. The Morgan fingerprint density at radius 3 is 2.69 bits per heavy atom. The van der Waals surface area contributed by atoms with Gasteiger partial charge in [0.2, 0.25) is 5.91 Å². The topological polar surface area (TPSA) is 42.2 Å². The van der Waals surface area contributed by atoms with Crippen molar-refractivity contribution in [2.75, 3.05) is 0 Å². The molecule has 1 N–H and O–H groups in total. The average Bonchev–Trinajstić information content (AvgIpc) is 2.75. The molecule has 2 rings (SSSR count). The van der Waals surface area contributed by atoms with Crippen molar-refractivity contribution < 1.29 is 9.21 Å². The van der Waals surface area contributed by atoms with Gasteiger partial charge in [0.15, 0.2) is 0 Å². The number of amides is 1. The Hall–Kier alpha value is -2.03. The molecule has 16 heavy (non-hydrogen) atoms. The minimum atomic E-state index is -0.0598. The molecule has 0 aliphatic rings. The molecular formula is C13H13NO2. The summed E-state index contributed by atoms with van der Waals surface area (Å²) in [6, 6.07) is 11.9. The lowest BCUT2D eigenvalue weighted by Gasteiger charge is -2.03. The van der Waals surface area contributed by atoms with Crippen LogP contribution in [0, 0.1) is 0 Å². The minimum Gasteiger partial charge on any atom is -0.467 e. The number of hydrogen-bond donors (Lipinski definition) is 1. The fraction of sp³-hybridized carbons (Fsp3) is 0.154. The molecule has 0 atom stereocenters. The van der Waals surface area contributed by atoms with Gasteiger partial charge in [-0.15, -0.1) is 0 Å². The van der Waals surface area contributed by atoms with E-state index in [1.807, 2.05) is 36.4 Å². The molecule has 82 valence electrons. The second-order valence-corrected chi connectivity index (χ2v) is 3.53. The molecule has 3 heteroatoms. The Bertz CT molecular complexity index is 474. The van der Waals surface area contributed by atoms with Crippen LogP contribution in [0.5, 0.6) is 0 Å².